The lowest BCUT2D eigenvalue weighted by atomic mass is 10.1. The summed E-state index contributed by atoms with van der Waals surface area (Å²) in [4.78, 5) is 14.2. The van der Waals surface area contributed by atoms with Gasteiger partial charge in [0.05, 0.1) is 7.11 Å². The van der Waals surface area contributed by atoms with E-state index in [0.717, 1.165) is 5.56 Å². The van der Waals surface area contributed by atoms with Crippen LogP contribution in [0.5, 0.6) is 23.0 Å². The zero-order valence-corrected chi connectivity index (χ0v) is 16.1. The second-order valence-electron chi connectivity index (χ2n) is 6.16. The molecule has 0 unspecified atom stereocenters. The summed E-state index contributed by atoms with van der Waals surface area (Å²) in [6, 6.07) is 10.0. The number of benzene rings is 2. The van der Waals surface area contributed by atoms with E-state index in [1.165, 1.54) is 25.3 Å². The standard InChI is InChI=1S/C21H21F2NO5/c1-3-24(12-15-5-7-16-19(11-15)28-13-27-16)20(25)9-6-14-4-8-17(29-21(22)23)18(10-14)26-2/h4-11,21H,3,12-13H2,1-2H3/b9-6+. The number of ether oxygens (including phenoxy) is 4. The van der Waals surface area contributed by atoms with Crippen LogP contribution in [0.15, 0.2) is 42.5 Å². The average molecular weight is 405 g/mol. The summed E-state index contributed by atoms with van der Waals surface area (Å²) in [6.45, 7) is 0.0742. The lowest BCUT2D eigenvalue weighted by Crippen LogP contribution is -2.28. The van der Waals surface area contributed by atoms with Gasteiger partial charge in [-0.25, -0.2) is 0 Å². The van der Waals surface area contributed by atoms with Crippen molar-refractivity contribution < 1.29 is 32.5 Å². The Balaban J connectivity index is 1.68. The van der Waals surface area contributed by atoms with Gasteiger partial charge in [-0.2, -0.15) is 8.78 Å². The summed E-state index contributed by atoms with van der Waals surface area (Å²) in [6.07, 6.45) is 3.03. The third kappa shape index (κ3) is 5.16. The first kappa shape index (κ1) is 20.4. The molecule has 154 valence electrons. The number of alkyl halides is 2. The van der Waals surface area contributed by atoms with Crippen molar-refractivity contribution in [2.24, 2.45) is 0 Å². The molecule has 6 nitrogen and oxygen atoms in total. The van der Waals surface area contributed by atoms with E-state index in [-0.39, 0.29) is 24.2 Å². The van der Waals surface area contributed by atoms with Crippen LogP contribution in [0.25, 0.3) is 6.08 Å². The third-order valence-electron chi connectivity index (χ3n) is 4.33. The molecule has 0 saturated carbocycles. The molecule has 2 aromatic carbocycles. The maximum Gasteiger partial charge on any atom is 0.387 e. The van der Waals surface area contributed by atoms with E-state index < -0.39 is 6.61 Å². The number of carbonyl (C=O) groups excluding carboxylic acids is 1. The quantitative estimate of drug-likeness (QED) is 0.620. The number of nitrogens with zero attached hydrogens (tertiary/aromatic N) is 1. The Morgan fingerprint density at radius 2 is 1.97 bits per heavy atom. The SMILES string of the molecule is CCN(Cc1ccc2c(c1)OCO2)C(=O)/C=C/c1ccc(OC(F)F)c(OC)c1. The van der Waals surface area contributed by atoms with Gasteiger partial charge in [-0.05, 0) is 48.4 Å². The van der Waals surface area contributed by atoms with Gasteiger partial charge >= 0.3 is 6.61 Å². The molecule has 1 aliphatic rings. The molecule has 1 amide bonds. The Labute approximate surface area is 167 Å². The molecular weight excluding hydrogens is 384 g/mol. The van der Waals surface area contributed by atoms with Gasteiger partial charge in [0, 0.05) is 19.2 Å². The fourth-order valence-corrected chi connectivity index (χ4v) is 2.86. The molecule has 0 atom stereocenters. The van der Waals surface area contributed by atoms with Gasteiger partial charge in [0.25, 0.3) is 0 Å². The second kappa shape index (κ2) is 9.27. The molecule has 0 bridgehead atoms. The Morgan fingerprint density at radius 1 is 1.17 bits per heavy atom. The van der Waals surface area contributed by atoms with Crippen LogP contribution in [0.3, 0.4) is 0 Å². The van der Waals surface area contributed by atoms with Gasteiger partial charge in [0.15, 0.2) is 23.0 Å². The predicted molar refractivity (Wildman–Crippen MR) is 102 cm³/mol. The molecule has 2 aromatic rings. The number of rotatable bonds is 8. The molecule has 0 radical (unpaired) electrons. The summed E-state index contributed by atoms with van der Waals surface area (Å²) in [5, 5.41) is 0. The minimum Gasteiger partial charge on any atom is -0.493 e. The van der Waals surface area contributed by atoms with Crippen LogP contribution >= 0.6 is 0 Å². The highest BCUT2D eigenvalue weighted by Gasteiger charge is 2.16. The van der Waals surface area contributed by atoms with Gasteiger partial charge < -0.3 is 23.8 Å². The summed E-state index contributed by atoms with van der Waals surface area (Å²) in [5.74, 6) is 1.27. The van der Waals surface area contributed by atoms with Crippen LogP contribution in [0.2, 0.25) is 0 Å². The van der Waals surface area contributed by atoms with Gasteiger partial charge in [-0.15, -0.1) is 0 Å². The molecule has 29 heavy (non-hydrogen) atoms. The van der Waals surface area contributed by atoms with E-state index >= 15 is 0 Å². The topological polar surface area (TPSA) is 57.2 Å². The molecule has 0 spiro atoms. The largest absolute Gasteiger partial charge is 0.493 e. The van der Waals surface area contributed by atoms with Gasteiger partial charge in [0.1, 0.15) is 0 Å². The first-order valence-corrected chi connectivity index (χ1v) is 8.98. The number of fused-ring (bicyclic) bond motifs is 1. The van der Waals surface area contributed by atoms with Crippen LogP contribution in [0.1, 0.15) is 18.1 Å². The lowest BCUT2D eigenvalue weighted by molar-refractivity contribution is -0.126. The van der Waals surface area contributed by atoms with E-state index in [9.17, 15) is 13.6 Å². The molecule has 3 rings (SSSR count). The number of carbonyl (C=O) groups is 1. The van der Waals surface area contributed by atoms with Crippen LogP contribution in [-0.4, -0.2) is 37.9 Å². The Morgan fingerprint density at radius 3 is 2.69 bits per heavy atom. The van der Waals surface area contributed by atoms with E-state index in [0.29, 0.717) is 30.2 Å². The molecule has 0 aliphatic carbocycles. The highest BCUT2D eigenvalue weighted by molar-refractivity contribution is 5.91. The Bertz CT molecular complexity index is 901. The second-order valence-corrected chi connectivity index (χ2v) is 6.16. The molecule has 0 saturated heterocycles. The fourth-order valence-electron chi connectivity index (χ4n) is 2.86. The molecule has 0 aromatic heterocycles. The smallest absolute Gasteiger partial charge is 0.387 e. The Hall–Kier alpha value is -3.29. The number of hydrogen-bond donors (Lipinski definition) is 0. The van der Waals surface area contributed by atoms with Crippen molar-refractivity contribution >= 4 is 12.0 Å². The van der Waals surface area contributed by atoms with Crippen LogP contribution < -0.4 is 18.9 Å². The Kier molecular flexibility index (Phi) is 6.54. The van der Waals surface area contributed by atoms with Crippen LogP contribution in [0.4, 0.5) is 8.78 Å². The van der Waals surface area contributed by atoms with Crippen molar-refractivity contribution in [3.8, 4) is 23.0 Å². The molecule has 1 heterocycles. The monoisotopic (exact) mass is 405 g/mol. The lowest BCUT2D eigenvalue weighted by Gasteiger charge is -2.19. The van der Waals surface area contributed by atoms with Gasteiger partial charge in [-0.3, -0.25) is 4.79 Å². The number of halogens is 2. The molecule has 1 aliphatic heterocycles. The summed E-state index contributed by atoms with van der Waals surface area (Å²) in [5.41, 5.74) is 1.55. The van der Waals surface area contributed by atoms with Crippen LogP contribution in [-0.2, 0) is 11.3 Å². The van der Waals surface area contributed by atoms with Gasteiger partial charge in [-0.1, -0.05) is 12.1 Å². The number of likely N-dealkylation sites (N-methyl/N-ethyl adjacent to an activating group) is 1. The van der Waals surface area contributed by atoms with Crippen molar-refractivity contribution in [1.29, 1.82) is 0 Å². The van der Waals surface area contributed by atoms with E-state index in [1.807, 2.05) is 25.1 Å². The molecule has 0 N–H and O–H groups in total. The maximum atomic E-state index is 12.6. The third-order valence-corrected chi connectivity index (χ3v) is 4.33. The first-order valence-electron chi connectivity index (χ1n) is 8.98. The zero-order valence-electron chi connectivity index (χ0n) is 16.1. The van der Waals surface area contributed by atoms with Crippen molar-refractivity contribution in [1.82, 2.24) is 4.90 Å². The first-order chi connectivity index (χ1) is 14.0. The molecular formula is C21H21F2NO5. The highest BCUT2D eigenvalue weighted by Crippen LogP contribution is 2.33. The predicted octanol–water partition coefficient (Wildman–Crippen LogP) is 4.09. The zero-order chi connectivity index (χ0) is 20.8. The highest BCUT2D eigenvalue weighted by atomic mass is 19.3. The van der Waals surface area contributed by atoms with E-state index in [1.54, 1.807) is 17.0 Å². The maximum absolute atomic E-state index is 12.6. The van der Waals surface area contributed by atoms with Crippen molar-refractivity contribution in [2.45, 2.75) is 20.1 Å². The van der Waals surface area contributed by atoms with Crippen molar-refractivity contribution in [3.05, 3.63) is 53.6 Å². The molecule has 0 fully saturated rings. The molecule has 8 heteroatoms. The number of hydrogen-bond acceptors (Lipinski definition) is 5. The summed E-state index contributed by atoms with van der Waals surface area (Å²) in [7, 11) is 1.36. The van der Waals surface area contributed by atoms with Crippen LogP contribution in [0, 0.1) is 0 Å². The minimum atomic E-state index is -2.94. The van der Waals surface area contributed by atoms with E-state index in [4.69, 9.17) is 14.2 Å². The number of amides is 1. The summed E-state index contributed by atoms with van der Waals surface area (Å²) >= 11 is 0. The average Bonchev–Trinajstić information content (AvgIpc) is 3.18. The van der Waals surface area contributed by atoms with Gasteiger partial charge in [0.2, 0.25) is 12.7 Å². The minimum absolute atomic E-state index is 0.0658. The van der Waals surface area contributed by atoms with Crippen molar-refractivity contribution in [3.63, 3.8) is 0 Å². The summed E-state index contributed by atoms with van der Waals surface area (Å²) < 4.78 is 45.0. The number of methoxy groups -OCH3 is 1. The van der Waals surface area contributed by atoms with Crippen molar-refractivity contribution in [2.75, 3.05) is 20.4 Å². The fraction of sp³-hybridized carbons (Fsp3) is 0.286. The van der Waals surface area contributed by atoms with E-state index in [2.05, 4.69) is 4.74 Å². The normalized spacial score (nSPS) is 12.4.